The Morgan fingerprint density at radius 3 is 2.48 bits per heavy atom. The molecule has 7 heteroatoms. The Labute approximate surface area is 184 Å². The van der Waals surface area contributed by atoms with E-state index in [2.05, 4.69) is 27.8 Å². The molecule has 1 aliphatic rings. The summed E-state index contributed by atoms with van der Waals surface area (Å²) in [5.74, 6) is 2.42. The maximum Gasteiger partial charge on any atom is 0.223 e. The summed E-state index contributed by atoms with van der Waals surface area (Å²) in [4.78, 5) is 18.7. The number of ether oxygens (including phenoxy) is 2. The highest BCUT2D eigenvalue weighted by Gasteiger charge is 2.22. The third-order valence-corrected chi connectivity index (χ3v) is 5.21. The van der Waals surface area contributed by atoms with E-state index in [1.54, 1.807) is 14.2 Å². The van der Waals surface area contributed by atoms with Gasteiger partial charge < -0.3 is 25.0 Å². The van der Waals surface area contributed by atoms with Crippen LogP contribution in [-0.4, -0.2) is 50.1 Å². The molecule has 0 aromatic heterocycles. The topological polar surface area (TPSA) is 75.2 Å². The normalized spacial score (nSPS) is 14.0. The zero-order valence-corrected chi connectivity index (χ0v) is 18.6. The van der Waals surface area contributed by atoms with Crippen LogP contribution in [0.2, 0.25) is 0 Å². The van der Waals surface area contributed by atoms with Gasteiger partial charge in [-0.15, -0.1) is 0 Å². The molecular formula is C24H32N4O3. The zero-order valence-electron chi connectivity index (χ0n) is 18.6. The summed E-state index contributed by atoms with van der Waals surface area (Å²) in [6.45, 7) is 4.71. The van der Waals surface area contributed by atoms with E-state index in [1.165, 1.54) is 11.1 Å². The van der Waals surface area contributed by atoms with E-state index < -0.39 is 0 Å². The van der Waals surface area contributed by atoms with Crippen molar-refractivity contribution < 1.29 is 14.3 Å². The van der Waals surface area contributed by atoms with Gasteiger partial charge >= 0.3 is 0 Å². The number of guanidine groups is 1. The predicted octanol–water partition coefficient (Wildman–Crippen LogP) is 2.95. The lowest BCUT2D eigenvalue weighted by atomic mass is 10.1. The lowest BCUT2D eigenvalue weighted by Crippen LogP contribution is -2.42. The Balaban J connectivity index is 1.33. The summed E-state index contributed by atoms with van der Waals surface area (Å²) < 4.78 is 11.1. The van der Waals surface area contributed by atoms with Crippen molar-refractivity contribution in [3.05, 3.63) is 59.7 Å². The number of aliphatic imine (C=N–C) groups is 1. The minimum atomic E-state index is -0.0518. The monoisotopic (exact) mass is 424 g/mol. The quantitative estimate of drug-likeness (QED) is 0.368. The van der Waals surface area contributed by atoms with E-state index in [1.807, 2.05) is 48.2 Å². The molecule has 7 nitrogen and oxygen atoms in total. The molecule has 1 heterocycles. The fraction of sp³-hybridized carbons (Fsp3) is 0.417. The highest BCUT2D eigenvalue weighted by molar-refractivity contribution is 5.80. The molecule has 0 radical (unpaired) electrons. The molecule has 0 fully saturated rings. The van der Waals surface area contributed by atoms with Crippen LogP contribution in [-0.2, 0) is 17.9 Å². The SMILES string of the molecule is CN=C(NCCCC(=O)N1Cc2ccccc2C1)NCC(C)Oc1cccc(OC)c1. The van der Waals surface area contributed by atoms with Crippen molar-refractivity contribution in [2.45, 2.75) is 39.0 Å². The van der Waals surface area contributed by atoms with Crippen LogP contribution in [0.15, 0.2) is 53.5 Å². The molecule has 2 aromatic rings. The highest BCUT2D eigenvalue weighted by atomic mass is 16.5. The van der Waals surface area contributed by atoms with Gasteiger partial charge in [-0.25, -0.2) is 0 Å². The maximum atomic E-state index is 12.5. The van der Waals surface area contributed by atoms with Crippen molar-refractivity contribution in [3.8, 4) is 11.5 Å². The highest BCUT2D eigenvalue weighted by Crippen LogP contribution is 2.23. The number of hydrogen-bond acceptors (Lipinski definition) is 4. The first kappa shape index (κ1) is 22.5. The van der Waals surface area contributed by atoms with Crippen LogP contribution < -0.4 is 20.1 Å². The Bertz CT molecular complexity index is 875. The van der Waals surface area contributed by atoms with Crippen molar-refractivity contribution >= 4 is 11.9 Å². The lowest BCUT2D eigenvalue weighted by Gasteiger charge is -2.18. The first-order valence-corrected chi connectivity index (χ1v) is 10.7. The van der Waals surface area contributed by atoms with Crippen LogP contribution in [0.3, 0.4) is 0 Å². The number of benzene rings is 2. The molecule has 0 spiro atoms. The second-order valence-corrected chi connectivity index (χ2v) is 7.61. The van der Waals surface area contributed by atoms with Crippen molar-refractivity contribution in [3.63, 3.8) is 0 Å². The molecular weight excluding hydrogens is 392 g/mol. The van der Waals surface area contributed by atoms with Gasteiger partial charge in [-0.1, -0.05) is 30.3 Å². The Morgan fingerprint density at radius 1 is 1.10 bits per heavy atom. The van der Waals surface area contributed by atoms with Crippen LogP contribution in [0, 0.1) is 0 Å². The third kappa shape index (κ3) is 6.64. The van der Waals surface area contributed by atoms with E-state index in [0.717, 1.165) is 31.0 Å². The molecule has 0 saturated heterocycles. The van der Waals surface area contributed by atoms with Gasteiger partial charge in [0.15, 0.2) is 5.96 Å². The van der Waals surface area contributed by atoms with Gasteiger partial charge in [0.1, 0.15) is 17.6 Å². The van der Waals surface area contributed by atoms with Crippen LogP contribution in [0.4, 0.5) is 0 Å². The number of rotatable bonds is 9. The molecule has 0 saturated carbocycles. The van der Waals surface area contributed by atoms with E-state index in [9.17, 15) is 4.79 Å². The minimum absolute atomic E-state index is 0.0518. The molecule has 1 aliphatic heterocycles. The van der Waals surface area contributed by atoms with Crippen molar-refractivity contribution in [2.24, 2.45) is 4.99 Å². The number of methoxy groups -OCH3 is 1. The van der Waals surface area contributed by atoms with Gasteiger partial charge in [-0.05, 0) is 36.6 Å². The second-order valence-electron chi connectivity index (χ2n) is 7.61. The molecule has 166 valence electrons. The zero-order chi connectivity index (χ0) is 22.1. The van der Waals surface area contributed by atoms with Crippen LogP contribution in [0.25, 0.3) is 0 Å². The minimum Gasteiger partial charge on any atom is -0.497 e. The number of fused-ring (bicyclic) bond motifs is 1. The van der Waals surface area contributed by atoms with Crippen molar-refractivity contribution in [1.82, 2.24) is 15.5 Å². The number of amides is 1. The molecule has 0 bridgehead atoms. The first-order valence-electron chi connectivity index (χ1n) is 10.7. The van der Waals surface area contributed by atoms with Crippen LogP contribution in [0.1, 0.15) is 30.9 Å². The number of carbonyl (C=O) groups excluding carboxylic acids is 1. The van der Waals surface area contributed by atoms with Crippen molar-refractivity contribution in [2.75, 3.05) is 27.2 Å². The van der Waals surface area contributed by atoms with Gasteiger partial charge in [-0.2, -0.15) is 0 Å². The molecule has 3 rings (SSSR count). The molecule has 1 atom stereocenters. The van der Waals surface area contributed by atoms with Gasteiger partial charge in [-0.3, -0.25) is 9.79 Å². The number of nitrogens with zero attached hydrogens (tertiary/aromatic N) is 2. The smallest absolute Gasteiger partial charge is 0.223 e. The number of carbonyl (C=O) groups is 1. The summed E-state index contributed by atoms with van der Waals surface area (Å²) in [7, 11) is 3.37. The van der Waals surface area contributed by atoms with E-state index >= 15 is 0 Å². The van der Waals surface area contributed by atoms with Crippen molar-refractivity contribution in [1.29, 1.82) is 0 Å². The summed E-state index contributed by atoms with van der Waals surface area (Å²) in [6, 6.07) is 15.8. The standard InChI is InChI=1S/C24H32N4O3/c1-18(31-22-11-6-10-21(14-22)30-3)15-27-24(25-2)26-13-7-12-23(29)28-16-19-8-4-5-9-20(19)17-28/h4-6,8-11,14,18H,7,12-13,15-17H2,1-3H3,(H2,25,26,27). The fourth-order valence-corrected chi connectivity index (χ4v) is 3.52. The van der Waals surface area contributed by atoms with Crippen LogP contribution in [0.5, 0.6) is 11.5 Å². The molecule has 0 aliphatic carbocycles. The van der Waals surface area contributed by atoms with Gasteiger partial charge in [0.25, 0.3) is 0 Å². The average Bonchev–Trinajstić information content (AvgIpc) is 3.23. The third-order valence-electron chi connectivity index (χ3n) is 5.21. The van der Waals surface area contributed by atoms with Gasteiger partial charge in [0.2, 0.25) is 5.91 Å². The largest absolute Gasteiger partial charge is 0.497 e. The molecule has 2 N–H and O–H groups in total. The van der Waals surface area contributed by atoms with Gasteiger partial charge in [0.05, 0.1) is 13.7 Å². The second kappa shape index (κ2) is 11.2. The summed E-state index contributed by atoms with van der Waals surface area (Å²) in [6.07, 6.45) is 1.22. The van der Waals surface area contributed by atoms with E-state index in [-0.39, 0.29) is 12.0 Å². The summed E-state index contributed by atoms with van der Waals surface area (Å²) in [5, 5.41) is 6.52. The molecule has 1 amide bonds. The Kier molecular flexibility index (Phi) is 8.15. The fourth-order valence-electron chi connectivity index (χ4n) is 3.52. The van der Waals surface area contributed by atoms with Crippen LogP contribution >= 0.6 is 0 Å². The number of hydrogen-bond donors (Lipinski definition) is 2. The molecule has 2 aromatic carbocycles. The average molecular weight is 425 g/mol. The maximum absolute atomic E-state index is 12.5. The molecule has 31 heavy (non-hydrogen) atoms. The lowest BCUT2D eigenvalue weighted by molar-refractivity contribution is -0.131. The first-order chi connectivity index (χ1) is 15.1. The Hall–Kier alpha value is -3.22. The summed E-state index contributed by atoms with van der Waals surface area (Å²) in [5.41, 5.74) is 2.51. The molecule has 1 unspecified atom stereocenters. The predicted molar refractivity (Wildman–Crippen MR) is 122 cm³/mol. The van der Waals surface area contributed by atoms with Gasteiger partial charge in [0, 0.05) is 39.2 Å². The summed E-state index contributed by atoms with van der Waals surface area (Å²) >= 11 is 0. The van der Waals surface area contributed by atoms with E-state index in [4.69, 9.17) is 9.47 Å². The number of nitrogens with one attached hydrogen (secondary N) is 2. The Morgan fingerprint density at radius 2 is 1.81 bits per heavy atom. The van der Waals surface area contributed by atoms with E-state index in [0.29, 0.717) is 25.5 Å².